The molecule has 0 aromatic heterocycles. The summed E-state index contributed by atoms with van der Waals surface area (Å²) in [6.45, 7) is 0. The van der Waals surface area contributed by atoms with Gasteiger partial charge in [-0.25, -0.2) is 4.39 Å². The number of nitrogens with zero attached hydrogens (tertiary/aromatic N) is 1. The van der Waals surface area contributed by atoms with Gasteiger partial charge in [0.1, 0.15) is 5.82 Å². The number of halogens is 4. The second kappa shape index (κ2) is 4.73. The lowest BCUT2D eigenvalue weighted by Crippen LogP contribution is -2.07. The van der Waals surface area contributed by atoms with Crippen molar-refractivity contribution in [1.29, 1.82) is 5.26 Å². The van der Waals surface area contributed by atoms with Crippen LogP contribution in [-0.4, -0.2) is 0 Å². The zero-order chi connectivity index (χ0) is 14.0. The van der Waals surface area contributed by atoms with E-state index >= 15 is 0 Å². The highest BCUT2D eigenvalue weighted by molar-refractivity contribution is 5.66. The molecule has 0 bridgehead atoms. The largest absolute Gasteiger partial charge is 0.417 e. The minimum atomic E-state index is -4.56. The fourth-order valence-corrected chi connectivity index (χ4v) is 1.71. The van der Waals surface area contributed by atoms with Gasteiger partial charge in [-0.3, -0.25) is 0 Å². The van der Waals surface area contributed by atoms with Crippen molar-refractivity contribution in [3.05, 3.63) is 59.4 Å². The molecular weight excluding hydrogens is 258 g/mol. The Balaban J connectivity index is 2.51. The van der Waals surface area contributed by atoms with Gasteiger partial charge in [0, 0.05) is 0 Å². The summed E-state index contributed by atoms with van der Waals surface area (Å²) < 4.78 is 50.6. The predicted octanol–water partition coefficient (Wildman–Crippen LogP) is 4.38. The number of nitriles is 1. The Kier molecular flexibility index (Phi) is 3.26. The van der Waals surface area contributed by atoms with Gasteiger partial charge in [0.15, 0.2) is 0 Å². The number of hydrogen-bond donors (Lipinski definition) is 0. The van der Waals surface area contributed by atoms with E-state index < -0.39 is 23.1 Å². The van der Waals surface area contributed by atoms with Crippen LogP contribution in [0.15, 0.2) is 42.5 Å². The summed E-state index contributed by atoms with van der Waals surface area (Å²) in [4.78, 5) is 0. The van der Waals surface area contributed by atoms with Crippen molar-refractivity contribution in [2.45, 2.75) is 6.18 Å². The Bertz CT molecular complexity index is 636. The van der Waals surface area contributed by atoms with Crippen molar-refractivity contribution in [2.24, 2.45) is 0 Å². The zero-order valence-electron chi connectivity index (χ0n) is 9.50. The molecule has 0 spiro atoms. The van der Waals surface area contributed by atoms with E-state index in [1.54, 1.807) is 0 Å². The summed E-state index contributed by atoms with van der Waals surface area (Å²) in [6, 6.07) is 10.1. The zero-order valence-corrected chi connectivity index (χ0v) is 9.50. The molecule has 0 aliphatic heterocycles. The first-order valence-electron chi connectivity index (χ1n) is 5.29. The summed E-state index contributed by atoms with van der Waals surface area (Å²) in [7, 11) is 0. The van der Waals surface area contributed by atoms with Crippen molar-refractivity contribution in [3.63, 3.8) is 0 Å². The van der Waals surface area contributed by atoms with Gasteiger partial charge in [-0.05, 0) is 35.4 Å². The van der Waals surface area contributed by atoms with E-state index in [2.05, 4.69) is 0 Å². The molecule has 0 amide bonds. The van der Waals surface area contributed by atoms with Crippen LogP contribution in [0.5, 0.6) is 0 Å². The molecule has 2 aromatic carbocycles. The lowest BCUT2D eigenvalue weighted by molar-refractivity contribution is -0.137. The number of alkyl halides is 3. The van der Waals surface area contributed by atoms with Crippen LogP contribution in [0, 0.1) is 17.1 Å². The number of rotatable bonds is 1. The molecule has 96 valence electrons. The molecule has 19 heavy (non-hydrogen) atoms. The summed E-state index contributed by atoms with van der Waals surface area (Å²) >= 11 is 0. The molecular formula is C14H7F4N. The predicted molar refractivity (Wildman–Crippen MR) is 61.6 cm³/mol. The van der Waals surface area contributed by atoms with Crippen molar-refractivity contribution in [2.75, 3.05) is 0 Å². The normalized spacial score (nSPS) is 11.1. The molecule has 0 heterocycles. The Morgan fingerprint density at radius 1 is 0.895 bits per heavy atom. The van der Waals surface area contributed by atoms with Crippen LogP contribution in [0.3, 0.4) is 0 Å². The van der Waals surface area contributed by atoms with Crippen molar-refractivity contribution >= 4 is 0 Å². The molecule has 0 radical (unpaired) electrons. The molecule has 0 unspecified atom stereocenters. The van der Waals surface area contributed by atoms with Gasteiger partial charge in [-0.2, -0.15) is 18.4 Å². The monoisotopic (exact) mass is 265 g/mol. The second-order valence-electron chi connectivity index (χ2n) is 3.88. The highest BCUT2D eigenvalue weighted by atomic mass is 19.4. The lowest BCUT2D eigenvalue weighted by atomic mass is 9.99. The Labute approximate surface area is 106 Å². The maximum absolute atomic E-state index is 12.8. The summed E-state index contributed by atoms with van der Waals surface area (Å²) in [5.74, 6) is -0.434. The Morgan fingerprint density at radius 2 is 1.47 bits per heavy atom. The van der Waals surface area contributed by atoms with E-state index in [9.17, 15) is 17.6 Å². The summed E-state index contributed by atoms with van der Waals surface area (Å²) in [5, 5.41) is 8.79. The van der Waals surface area contributed by atoms with Gasteiger partial charge < -0.3 is 0 Å². The molecule has 2 aromatic rings. The molecule has 5 heteroatoms. The summed E-state index contributed by atoms with van der Waals surface area (Å²) in [5.41, 5.74) is -0.439. The van der Waals surface area contributed by atoms with Crippen LogP contribution in [0.1, 0.15) is 11.1 Å². The standard InChI is InChI=1S/C14H7F4N/c15-12-4-1-9(2-5-12)10-3-6-13(14(16,17)18)11(7-10)8-19/h1-7H. The first kappa shape index (κ1) is 13.1. The molecule has 0 saturated carbocycles. The average Bonchev–Trinajstić information content (AvgIpc) is 2.38. The fraction of sp³-hybridized carbons (Fsp3) is 0.0714. The highest BCUT2D eigenvalue weighted by Crippen LogP contribution is 2.34. The summed E-state index contributed by atoms with van der Waals surface area (Å²) in [6.07, 6.45) is -4.56. The third kappa shape index (κ3) is 2.74. The van der Waals surface area contributed by atoms with Crippen molar-refractivity contribution in [1.82, 2.24) is 0 Å². The molecule has 0 fully saturated rings. The van der Waals surface area contributed by atoms with Gasteiger partial charge in [-0.1, -0.05) is 18.2 Å². The van der Waals surface area contributed by atoms with Crippen LogP contribution < -0.4 is 0 Å². The molecule has 0 N–H and O–H groups in total. The van der Waals surface area contributed by atoms with Crippen molar-refractivity contribution < 1.29 is 17.6 Å². The first-order valence-corrected chi connectivity index (χ1v) is 5.29. The smallest absolute Gasteiger partial charge is 0.207 e. The van der Waals surface area contributed by atoms with Gasteiger partial charge in [-0.15, -0.1) is 0 Å². The topological polar surface area (TPSA) is 23.8 Å². The van der Waals surface area contributed by atoms with Crippen LogP contribution in [-0.2, 0) is 6.18 Å². The van der Waals surface area contributed by atoms with Crippen LogP contribution >= 0.6 is 0 Å². The van der Waals surface area contributed by atoms with E-state index in [4.69, 9.17) is 5.26 Å². The maximum atomic E-state index is 12.8. The minimum absolute atomic E-state index is 0.434. The van der Waals surface area contributed by atoms with Crippen molar-refractivity contribution in [3.8, 4) is 17.2 Å². The molecule has 0 atom stereocenters. The van der Waals surface area contributed by atoms with E-state index in [-0.39, 0.29) is 0 Å². The molecule has 2 rings (SSSR count). The minimum Gasteiger partial charge on any atom is -0.207 e. The van der Waals surface area contributed by atoms with E-state index in [1.807, 2.05) is 0 Å². The highest BCUT2D eigenvalue weighted by Gasteiger charge is 2.33. The van der Waals surface area contributed by atoms with Crippen LogP contribution in [0.25, 0.3) is 11.1 Å². The number of hydrogen-bond acceptors (Lipinski definition) is 1. The Morgan fingerprint density at radius 3 is 2.00 bits per heavy atom. The third-order valence-electron chi connectivity index (χ3n) is 2.62. The maximum Gasteiger partial charge on any atom is 0.417 e. The van der Waals surface area contributed by atoms with Gasteiger partial charge in [0.2, 0.25) is 0 Å². The third-order valence-corrected chi connectivity index (χ3v) is 2.62. The molecule has 0 saturated heterocycles. The quantitative estimate of drug-likeness (QED) is 0.702. The van der Waals surface area contributed by atoms with E-state index in [1.165, 1.54) is 36.4 Å². The van der Waals surface area contributed by atoms with Gasteiger partial charge >= 0.3 is 6.18 Å². The SMILES string of the molecule is N#Cc1cc(-c2ccc(F)cc2)ccc1C(F)(F)F. The Hall–Kier alpha value is -2.35. The fourth-order valence-electron chi connectivity index (χ4n) is 1.71. The van der Waals surface area contributed by atoms with E-state index in [0.29, 0.717) is 11.1 Å². The first-order chi connectivity index (χ1) is 8.91. The molecule has 1 nitrogen and oxygen atoms in total. The average molecular weight is 265 g/mol. The van der Waals surface area contributed by atoms with Crippen LogP contribution in [0.4, 0.5) is 17.6 Å². The molecule has 0 aliphatic carbocycles. The van der Waals surface area contributed by atoms with Crippen LogP contribution in [0.2, 0.25) is 0 Å². The van der Waals surface area contributed by atoms with E-state index in [0.717, 1.165) is 12.1 Å². The lowest BCUT2D eigenvalue weighted by Gasteiger charge is -2.10. The van der Waals surface area contributed by atoms with Gasteiger partial charge in [0.05, 0.1) is 17.2 Å². The second-order valence-corrected chi connectivity index (χ2v) is 3.88. The molecule has 0 aliphatic rings. The number of benzene rings is 2. The van der Waals surface area contributed by atoms with Gasteiger partial charge in [0.25, 0.3) is 0 Å².